The van der Waals surface area contributed by atoms with Crippen molar-refractivity contribution in [1.82, 2.24) is 4.98 Å². The minimum Gasteiger partial charge on any atom is -0.399 e. The first-order valence-electron chi connectivity index (χ1n) is 6.15. The second-order valence-corrected chi connectivity index (χ2v) is 5.59. The van der Waals surface area contributed by atoms with E-state index in [1.54, 1.807) is 6.07 Å². The average Bonchev–Trinajstić information content (AvgIpc) is 2.48. The van der Waals surface area contributed by atoms with Crippen molar-refractivity contribution in [2.24, 2.45) is 0 Å². The summed E-state index contributed by atoms with van der Waals surface area (Å²) in [5, 5.41) is 8.79. The Morgan fingerprint density at radius 2 is 1.84 bits per heavy atom. The van der Waals surface area contributed by atoms with Gasteiger partial charge in [0.2, 0.25) is 5.95 Å². The SMILES string of the molecule is CC1(C)OB(c2ccc(F)nc2CC#N)OC1(C)C. The summed E-state index contributed by atoms with van der Waals surface area (Å²) in [6.07, 6.45) is 0.0250. The van der Waals surface area contributed by atoms with E-state index in [0.29, 0.717) is 11.2 Å². The van der Waals surface area contributed by atoms with Crippen LogP contribution in [0, 0.1) is 17.3 Å². The van der Waals surface area contributed by atoms with Crippen LogP contribution in [0.1, 0.15) is 33.4 Å². The molecular weight excluding hydrogens is 246 g/mol. The highest BCUT2D eigenvalue weighted by molar-refractivity contribution is 6.62. The summed E-state index contributed by atoms with van der Waals surface area (Å²) in [7, 11) is -0.624. The first-order valence-corrected chi connectivity index (χ1v) is 6.15. The maximum Gasteiger partial charge on any atom is 0.496 e. The Kier molecular flexibility index (Phi) is 3.37. The van der Waals surface area contributed by atoms with Gasteiger partial charge in [0.05, 0.1) is 29.4 Å². The fourth-order valence-electron chi connectivity index (χ4n) is 1.89. The molecule has 0 atom stereocenters. The zero-order chi connectivity index (χ0) is 14.3. The van der Waals surface area contributed by atoms with Gasteiger partial charge in [-0.1, -0.05) is 6.07 Å². The van der Waals surface area contributed by atoms with Crippen LogP contribution in [-0.4, -0.2) is 23.3 Å². The van der Waals surface area contributed by atoms with E-state index in [0.717, 1.165) is 0 Å². The van der Waals surface area contributed by atoms with Gasteiger partial charge in [0.1, 0.15) is 0 Å². The van der Waals surface area contributed by atoms with E-state index in [4.69, 9.17) is 14.6 Å². The van der Waals surface area contributed by atoms with Crippen molar-refractivity contribution in [3.63, 3.8) is 0 Å². The summed E-state index contributed by atoms with van der Waals surface area (Å²) < 4.78 is 24.9. The molecule has 2 rings (SSSR count). The highest BCUT2D eigenvalue weighted by Crippen LogP contribution is 2.36. The smallest absolute Gasteiger partial charge is 0.399 e. The van der Waals surface area contributed by atoms with Crippen molar-refractivity contribution < 1.29 is 13.7 Å². The van der Waals surface area contributed by atoms with Crippen molar-refractivity contribution in [3.8, 4) is 6.07 Å². The molecule has 1 aromatic rings. The van der Waals surface area contributed by atoms with Crippen LogP contribution in [0.5, 0.6) is 0 Å². The van der Waals surface area contributed by atoms with Gasteiger partial charge >= 0.3 is 7.12 Å². The lowest BCUT2D eigenvalue weighted by molar-refractivity contribution is 0.00578. The number of hydrogen-bond donors (Lipinski definition) is 0. The fourth-order valence-corrected chi connectivity index (χ4v) is 1.89. The van der Waals surface area contributed by atoms with E-state index in [9.17, 15) is 4.39 Å². The molecule has 4 nitrogen and oxygen atoms in total. The molecule has 1 aromatic heterocycles. The van der Waals surface area contributed by atoms with Crippen molar-refractivity contribution >= 4 is 12.6 Å². The number of nitriles is 1. The van der Waals surface area contributed by atoms with Gasteiger partial charge in [-0.15, -0.1) is 0 Å². The predicted octanol–water partition coefficient (Wildman–Crippen LogP) is 1.59. The molecule has 0 aliphatic carbocycles. The largest absolute Gasteiger partial charge is 0.496 e. The molecule has 1 aliphatic rings. The Labute approximate surface area is 112 Å². The molecule has 1 saturated heterocycles. The summed E-state index contributed by atoms with van der Waals surface area (Å²) in [5.41, 5.74) is 0.0222. The molecule has 1 fully saturated rings. The Hall–Kier alpha value is -1.45. The lowest BCUT2D eigenvalue weighted by Gasteiger charge is -2.32. The normalized spacial score (nSPS) is 20.3. The summed E-state index contributed by atoms with van der Waals surface area (Å²) in [4.78, 5) is 3.75. The molecule has 6 heteroatoms. The number of nitrogens with zero attached hydrogens (tertiary/aromatic N) is 2. The third kappa shape index (κ3) is 2.49. The molecule has 2 heterocycles. The minimum absolute atomic E-state index is 0.0250. The van der Waals surface area contributed by atoms with Crippen molar-refractivity contribution in [2.45, 2.75) is 45.3 Å². The summed E-state index contributed by atoms with van der Waals surface area (Å²) in [6.45, 7) is 7.75. The highest BCUT2D eigenvalue weighted by atomic mass is 19.1. The molecule has 0 N–H and O–H groups in total. The van der Waals surface area contributed by atoms with Gasteiger partial charge in [-0.3, -0.25) is 0 Å². The number of aromatic nitrogens is 1. The zero-order valence-corrected chi connectivity index (χ0v) is 11.5. The van der Waals surface area contributed by atoms with E-state index >= 15 is 0 Å². The Morgan fingerprint density at radius 1 is 1.26 bits per heavy atom. The molecule has 100 valence electrons. The van der Waals surface area contributed by atoms with E-state index in [2.05, 4.69) is 4.98 Å². The van der Waals surface area contributed by atoms with Gasteiger partial charge in [-0.25, -0.2) is 4.98 Å². The molecule has 0 aromatic carbocycles. The standard InChI is InChI=1S/C13H16BFN2O2/c1-12(2)13(3,4)19-14(18-12)9-5-6-11(15)17-10(9)7-8-16/h5-6H,7H2,1-4H3. The Bertz CT molecular complexity index is 524. The van der Waals surface area contributed by atoms with E-state index in [1.165, 1.54) is 6.07 Å². The monoisotopic (exact) mass is 262 g/mol. The Morgan fingerprint density at radius 3 is 2.37 bits per heavy atom. The van der Waals surface area contributed by atoms with Crippen LogP contribution in [0.25, 0.3) is 0 Å². The van der Waals surface area contributed by atoms with Crippen molar-refractivity contribution in [3.05, 3.63) is 23.8 Å². The zero-order valence-electron chi connectivity index (χ0n) is 11.5. The van der Waals surface area contributed by atoms with Crippen LogP contribution in [0.2, 0.25) is 0 Å². The number of pyridine rings is 1. The van der Waals surface area contributed by atoms with Crippen molar-refractivity contribution in [2.75, 3.05) is 0 Å². The average molecular weight is 262 g/mol. The third-order valence-electron chi connectivity index (χ3n) is 3.73. The van der Waals surface area contributed by atoms with Crippen LogP contribution in [0.3, 0.4) is 0 Å². The quantitative estimate of drug-likeness (QED) is 0.599. The predicted molar refractivity (Wildman–Crippen MR) is 69.2 cm³/mol. The molecule has 19 heavy (non-hydrogen) atoms. The molecule has 0 amide bonds. The first kappa shape index (κ1) is 14.0. The Balaban J connectivity index is 2.37. The lowest BCUT2D eigenvalue weighted by Crippen LogP contribution is -2.41. The minimum atomic E-state index is -0.624. The lowest BCUT2D eigenvalue weighted by atomic mass is 9.77. The van der Waals surface area contributed by atoms with E-state index < -0.39 is 24.3 Å². The second kappa shape index (κ2) is 4.59. The van der Waals surface area contributed by atoms with Gasteiger partial charge in [0.15, 0.2) is 0 Å². The van der Waals surface area contributed by atoms with Crippen LogP contribution in [0.4, 0.5) is 4.39 Å². The molecule has 1 aliphatic heterocycles. The van der Waals surface area contributed by atoms with Gasteiger partial charge in [-0.05, 0) is 33.8 Å². The van der Waals surface area contributed by atoms with Crippen LogP contribution in [0.15, 0.2) is 12.1 Å². The van der Waals surface area contributed by atoms with Gasteiger partial charge < -0.3 is 9.31 Å². The summed E-state index contributed by atoms with van der Waals surface area (Å²) in [6, 6.07) is 4.79. The molecule has 0 spiro atoms. The van der Waals surface area contributed by atoms with Crippen LogP contribution < -0.4 is 5.46 Å². The third-order valence-corrected chi connectivity index (χ3v) is 3.73. The topological polar surface area (TPSA) is 55.1 Å². The number of halogens is 1. The molecule has 0 bridgehead atoms. The first-order chi connectivity index (χ1) is 8.77. The maximum atomic E-state index is 13.2. The molecule has 0 radical (unpaired) electrons. The molecular formula is C13H16BFN2O2. The van der Waals surface area contributed by atoms with Crippen LogP contribution >= 0.6 is 0 Å². The summed E-state index contributed by atoms with van der Waals surface area (Å²) in [5.74, 6) is -0.606. The summed E-state index contributed by atoms with van der Waals surface area (Å²) >= 11 is 0. The second-order valence-electron chi connectivity index (χ2n) is 5.59. The molecule has 0 saturated carbocycles. The number of rotatable bonds is 2. The highest BCUT2D eigenvalue weighted by Gasteiger charge is 2.52. The van der Waals surface area contributed by atoms with Gasteiger partial charge in [-0.2, -0.15) is 9.65 Å². The van der Waals surface area contributed by atoms with Gasteiger partial charge in [0, 0.05) is 5.46 Å². The molecule has 0 unspecified atom stereocenters. The fraction of sp³-hybridized carbons (Fsp3) is 0.538. The van der Waals surface area contributed by atoms with E-state index in [-0.39, 0.29) is 6.42 Å². The maximum absolute atomic E-state index is 13.2. The number of hydrogen-bond acceptors (Lipinski definition) is 4. The van der Waals surface area contributed by atoms with Crippen LogP contribution in [-0.2, 0) is 15.7 Å². The van der Waals surface area contributed by atoms with Crippen molar-refractivity contribution in [1.29, 1.82) is 5.26 Å². The van der Waals surface area contributed by atoms with Gasteiger partial charge in [0.25, 0.3) is 0 Å². The van der Waals surface area contributed by atoms with E-state index in [1.807, 2.05) is 33.8 Å².